The Labute approximate surface area is 166 Å². The maximum Gasteiger partial charge on any atom is 0.191 e. The van der Waals surface area contributed by atoms with Crippen LogP contribution in [-0.2, 0) is 6.54 Å². The van der Waals surface area contributed by atoms with Gasteiger partial charge in [-0.25, -0.2) is 4.39 Å². The number of halogens is 1. The van der Waals surface area contributed by atoms with Crippen molar-refractivity contribution in [1.29, 1.82) is 0 Å². The summed E-state index contributed by atoms with van der Waals surface area (Å²) >= 11 is 0. The van der Waals surface area contributed by atoms with Crippen molar-refractivity contribution in [3.63, 3.8) is 0 Å². The maximum absolute atomic E-state index is 14.0. The van der Waals surface area contributed by atoms with Crippen LogP contribution in [0.25, 0.3) is 0 Å². The number of aliphatic imine (C=N–C) groups is 1. The van der Waals surface area contributed by atoms with Gasteiger partial charge in [0.15, 0.2) is 5.96 Å². The van der Waals surface area contributed by atoms with Crippen LogP contribution in [-0.4, -0.2) is 48.1 Å². The van der Waals surface area contributed by atoms with Gasteiger partial charge in [-0.1, -0.05) is 24.3 Å². The molecule has 0 radical (unpaired) electrons. The van der Waals surface area contributed by atoms with Crippen molar-refractivity contribution in [3.05, 3.63) is 65.7 Å². The summed E-state index contributed by atoms with van der Waals surface area (Å²) in [7, 11) is 1.80. The van der Waals surface area contributed by atoms with Crippen molar-refractivity contribution in [2.45, 2.75) is 43.8 Å². The molecule has 2 heterocycles. The van der Waals surface area contributed by atoms with E-state index in [-0.39, 0.29) is 17.8 Å². The molecule has 2 unspecified atom stereocenters. The maximum atomic E-state index is 14.0. The molecule has 1 aromatic heterocycles. The monoisotopic (exact) mass is 381 g/mol. The Bertz CT molecular complexity index is 802. The lowest BCUT2D eigenvalue weighted by Gasteiger charge is -2.32. The Morgan fingerprint density at radius 1 is 1.14 bits per heavy atom. The summed E-state index contributed by atoms with van der Waals surface area (Å²) in [5, 5.41) is 7.01. The first-order chi connectivity index (χ1) is 13.7. The van der Waals surface area contributed by atoms with Crippen molar-refractivity contribution in [2.24, 2.45) is 4.99 Å². The summed E-state index contributed by atoms with van der Waals surface area (Å²) in [6, 6.07) is 13.8. The molecule has 0 spiro atoms. The van der Waals surface area contributed by atoms with Crippen LogP contribution in [0.2, 0.25) is 0 Å². The van der Waals surface area contributed by atoms with Gasteiger partial charge in [0, 0.05) is 50.9 Å². The lowest BCUT2D eigenvalue weighted by atomic mass is 10.0. The predicted molar refractivity (Wildman–Crippen MR) is 110 cm³/mol. The van der Waals surface area contributed by atoms with Crippen LogP contribution in [0.15, 0.2) is 53.7 Å². The highest BCUT2D eigenvalue weighted by Crippen LogP contribution is 2.41. The third-order valence-corrected chi connectivity index (χ3v) is 5.68. The zero-order chi connectivity index (χ0) is 19.3. The van der Waals surface area contributed by atoms with Crippen LogP contribution in [0, 0.1) is 5.82 Å². The fourth-order valence-electron chi connectivity index (χ4n) is 3.97. The second kappa shape index (κ2) is 8.69. The van der Waals surface area contributed by atoms with Gasteiger partial charge in [-0.15, -0.1) is 0 Å². The number of benzene rings is 1. The zero-order valence-corrected chi connectivity index (χ0v) is 16.3. The van der Waals surface area contributed by atoms with E-state index >= 15 is 0 Å². The molecule has 148 valence electrons. The second-order valence-corrected chi connectivity index (χ2v) is 7.70. The Morgan fingerprint density at radius 2 is 1.93 bits per heavy atom. The lowest BCUT2D eigenvalue weighted by Crippen LogP contribution is -2.49. The number of likely N-dealkylation sites (tertiary alicyclic amines) is 1. The van der Waals surface area contributed by atoms with Gasteiger partial charge >= 0.3 is 0 Å². The molecule has 2 N–H and O–H groups in total. The minimum Gasteiger partial charge on any atom is -0.354 e. The highest BCUT2D eigenvalue weighted by atomic mass is 19.1. The molecule has 1 saturated heterocycles. The topological polar surface area (TPSA) is 52.6 Å². The normalized spacial score (nSPS) is 23.4. The molecule has 2 atom stereocenters. The molecule has 1 aromatic carbocycles. The minimum absolute atomic E-state index is 0.111. The molecule has 1 aliphatic carbocycles. The van der Waals surface area contributed by atoms with Crippen LogP contribution >= 0.6 is 0 Å². The number of hydrogen-bond acceptors (Lipinski definition) is 3. The van der Waals surface area contributed by atoms with Crippen molar-refractivity contribution >= 4 is 5.96 Å². The number of rotatable bonds is 5. The van der Waals surface area contributed by atoms with E-state index < -0.39 is 0 Å². The summed E-state index contributed by atoms with van der Waals surface area (Å²) in [6.07, 6.45) is 4.96. The van der Waals surface area contributed by atoms with Crippen molar-refractivity contribution in [2.75, 3.05) is 20.1 Å². The molecule has 1 saturated carbocycles. The number of nitrogens with zero attached hydrogens (tertiary/aromatic N) is 3. The van der Waals surface area contributed by atoms with E-state index in [4.69, 9.17) is 0 Å². The van der Waals surface area contributed by atoms with E-state index in [9.17, 15) is 4.39 Å². The van der Waals surface area contributed by atoms with Crippen molar-refractivity contribution in [3.8, 4) is 0 Å². The predicted octanol–water partition coefficient (Wildman–Crippen LogP) is 2.91. The molecular formula is C22H28FN5. The Morgan fingerprint density at radius 3 is 2.64 bits per heavy atom. The summed E-state index contributed by atoms with van der Waals surface area (Å²) in [6.45, 7) is 3.01. The molecule has 4 rings (SSSR count). The first-order valence-corrected chi connectivity index (χ1v) is 10.1. The summed E-state index contributed by atoms with van der Waals surface area (Å²) in [5.74, 6) is 0.951. The Kier molecular flexibility index (Phi) is 5.86. The fraction of sp³-hybridized carbons (Fsp3) is 0.455. The minimum atomic E-state index is -0.111. The first kappa shape index (κ1) is 18.9. The standard InChI is InChI=1S/C22H28FN5/c1-24-22(27-21-14-19(21)18-7-2-3-8-20(18)23)26-16-9-12-28(13-10-16)15-17-6-4-5-11-25-17/h2-8,11,16,19,21H,9-10,12-15H2,1H3,(H2,24,26,27). The highest BCUT2D eigenvalue weighted by molar-refractivity contribution is 5.80. The third-order valence-electron chi connectivity index (χ3n) is 5.68. The van der Waals surface area contributed by atoms with E-state index in [1.54, 1.807) is 13.1 Å². The van der Waals surface area contributed by atoms with Gasteiger partial charge in [0.05, 0.1) is 5.69 Å². The van der Waals surface area contributed by atoms with E-state index in [0.29, 0.717) is 6.04 Å². The third kappa shape index (κ3) is 4.68. The Hall–Kier alpha value is -2.47. The van der Waals surface area contributed by atoms with E-state index in [2.05, 4.69) is 31.6 Å². The zero-order valence-electron chi connectivity index (χ0n) is 16.3. The summed E-state index contributed by atoms with van der Waals surface area (Å²) < 4.78 is 14.0. The van der Waals surface area contributed by atoms with E-state index in [1.807, 2.05) is 30.5 Å². The van der Waals surface area contributed by atoms with Crippen molar-refractivity contribution in [1.82, 2.24) is 20.5 Å². The van der Waals surface area contributed by atoms with Crippen LogP contribution in [0.5, 0.6) is 0 Å². The number of piperidine rings is 1. The first-order valence-electron chi connectivity index (χ1n) is 10.1. The highest BCUT2D eigenvalue weighted by Gasteiger charge is 2.40. The average molecular weight is 381 g/mol. The number of guanidine groups is 1. The Balaban J connectivity index is 1.23. The summed E-state index contributed by atoms with van der Waals surface area (Å²) in [5.41, 5.74) is 1.93. The molecule has 2 aromatic rings. The fourth-order valence-corrected chi connectivity index (χ4v) is 3.97. The van der Waals surface area contributed by atoms with Gasteiger partial charge in [0.25, 0.3) is 0 Å². The lowest BCUT2D eigenvalue weighted by molar-refractivity contribution is 0.196. The molecule has 6 heteroatoms. The molecule has 28 heavy (non-hydrogen) atoms. The number of hydrogen-bond donors (Lipinski definition) is 2. The molecule has 0 amide bonds. The SMILES string of the molecule is CN=C(NC1CCN(Cc2ccccn2)CC1)NC1CC1c1ccccc1F. The largest absolute Gasteiger partial charge is 0.354 e. The number of pyridine rings is 1. The van der Waals surface area contributed by atoms with Crippen LogP contribution in [0.1, 0.15) is 36.4 Å². The molecular weight excluding hydrogens is 353 g/mol. The van der Waals surface area contributed by atoms with E-state index in [0.717, 1.165) is 56.1 Å². The van der Waals surface area contributed by atoms with Crippen LogP contribution < -0.4 is 10.6 Å². The van der Waals surface area contributed by atoms with Gasteiger partial charge < -0.3 is 10.6 Å². The van der Waals surface area contributed by atoms with Gasteiger partial charge in [-0.2, -0.15) is 0 Å². The van der Waals surface area contributed by atoms with Gasteiger partial charge in [0.1, 0.15) is 5.82 Å². The average Bonchev–Trinajstić information content (AvgIpc) is 3.49. The quantitative estimate of drug-likeness (QED) is 0.618. The smallest absolute Gasteiger partial charge is 0.191 e. The van der Waals surface area contributed by atoms with Gasteiger partial charge in [0.2, 0.25) is 0 Å². The van der Waals surface area contributed by atoms with Crippen LogP contribution in [0.3, 0.4) is 0 Å². The van der Waals surface area contributed by atoms with Gasteiger partial charge in [-0.3, -0.25) is 14.9 Å². The number of nitrogens with one attached hydrogen (secondary N) is 2. The molecule has 2 aliphatic rings. The van der Waals surface area contributed by atoms with Crippen LogP contribution in [0.4, 0.5) is 4.39 Å². The second-order valence-electron chi connectivity index (χ2n) is 7.70. The van der Waals surface area contributed by atoms with Crippen molar-refractivity contribution < 1.29 is 4.39 Å². The number of aromatic nitrogens is 1. The summed E-state index contributed by atoms with van der Waals surface area (Å²) in [4.78, 5) is 11.2. The van der Waals surface area contributed by atoms with Gasteiger partial charge in [-0.05, 0) is 43.0 Å². The molecule has 0 bridgehead atoms. The molecule has 5 nitrogen and oxygen atoms in total. The molecule has 1 aliphatic heterocycles. The van der Waals surface area contributed by atoms with E-state index in [1.165, 1.54) is 6.07 Å². The molecule has 2 fully saturated rings.